The lowest BCUT2D eigenvalue weighted by Gasteiger charge is -2.38. The van der Waals surface area contributed by atoms with Crippen LogP contribution in [-0.2, 0) is 10.0 Å². The summed E-state index contributed by atoms with van der Waals surface area (Å²) in [5.74, 6) is 1.18. The molecular weight excluding hydrogens is 407 g/mol. The number of piperidine rings is 1. The Hall–Kier alpha value is -2.27. The number of alkyl halides is 3. The first kappa shape index (κ1) is 21.4. The van der Waals surface area contributed by atoms with E-state index in [0.29, 0.717) is 29.0 Å². The first-order chi connectivity index (χ1) is 13.5. The molecule has 158 valence electrons. The highest BCUT2D eigenvalue weighted by Crippen LogP contribution is 2.27. The molecule has 29 heavy (non-hydrogen) atoms. The first-order valence-corrected chi connectivity index (χ1v) is 10.9. The maximum atomic E-state index is 12.8. The van der Waals surface area contributed by atoms with Gasteiger partial charge in [0, 0.05) is 48.8 Å². The standard InChI is InChI=1S/C18H22F3N5O2S/c1-13-10-16(24-17(23-13)14-4-3-7-22-11-14)25-8-5-15(6-9-25)26(29(2,27)28)12-18(19,20)21/h3-4,7,10-11,15H,5-6,8-9,12H2,1-2H3. The highest BCUT2D eigenvalue weighted by atomic mass is 32.2. The van der Waals surface area contributed by atoms with Crippen LogP contribution in [-0.4, -0.2) is 65.8 Å². The van der Waals surface area contributed by atoms with Crippen LogP contribution in [0.1, 0.15) is 18.5 Å². The second-order valence-electron chi connectivity index (χ2n) is 7.07. The molecule has 0 aromatic carbocycles. The van der Waals surface area contributed by atoms with Gasteiger partial charge in [-0.1, -0.05) is 0 Å². The smallest absolute Gasteiger partial charge is 0.356 e. The van der Waals surface area contributed by atoms with Crippen LogP contribution in [0.4, 0.5) is 19.0 Å². The Kier molecular flexibility index (Phi) is 6.08. The van der Waals surface area contributed by atoms with Crippen LogP contribution in [0, 0.1) is 6.92 Å². The van der Waals surface area contributed by atoms with E-state index in [-0.39, 0.29) is 12.8 Å². The van der Waals surface area contributed by atoms with Crippen molar-refractivity contribution in [2.24, 2.45) is 0 Å². The van der Waals surface area contributed by atoms with Gasteiger partial charge in [-0.15, -0.1) is 0 Å². The fourth-order valence-electron chi connectivity index (χ4n) is 3.41. The van der Waals surface area contributed by atoms with Gasteiger partial charge in [-0.05, 0) is 31.9 Å². The SMILES string of the molecule is Cc1cc(N2CCC(N(CC(F)(F)F)S(C)(=O)=O)CC2)nc(-c2cccnc2)n1. The monoisotopic (exact) mass is 429 g/mol. The number of hydrogen-bond acceptors (Lipinski definition) is 6. The highest BCUT2D eigenvalue weighted by Gasteiger charge is 2.39. The molecule has 0 spiro atoms. The molecule has 0 bridgehead atoms. The van der Waals surface area contributed by atoms with Gasteiger partial charge in [0.2, 0.25) is 10.0 Å². The third-order valence-corrected chi connectivity index (χ3v) is 6.00. The average molecular weight is 429 g/mol. The molecule has 1 saturated heterocycles. The molecule has 0 atom stereocenters. The molecule has 3 heterocycles. The predicted molar refractivity (Wildman–Crippen MR) is 103 cm³/mol. The molecule has 3 rings (SSSR count). The summed E-state index contributed by atoms with van der Waals surface area (Å²) < 4.78 is 62.9. The van der Waals surface area contributed by atoms with Gasteiger partial charge in [0.05, 0.1) is 6.26 Å². The predicted octanol–water partition coefficient (Wildman–Crippen LogP) is 2.64. The number of pyridine rings is 1. The minimum Gasteiger partial charge on any atom is -0.356 e. The van der Waals surface area contributed by atoms with Crippen LogP contribution in [0.25, 0.3) is 11.4 Å². The van der Waals surface area contributed by atoms with Gasteiger partial charge in [-0.25, -0.2) is 18.4 Å². The summed E-state index contributed by atoms with van der Waals surface area (Å²) in [6.45, 7) is 1.18. The lowest BCUT2D eigenvalue weighted by Crippen LogP contribution is -2.50. The average Bonchev–Trinajstić information content (AvgIpc) is 2.65. The molecule has 2 aromatic heterocycles. The van der Waals surface area contributed by atoms with Crippen LogP contribution >= 0.6 is 0 Å². The van der Waals surface area contributed by atoms with E-state index in [0.717, 1.165) is 17.5 Å². The molecule has 0 radical (unpaired) electrons. The second-order valence-corrected chi connectivity index (χ2v) is 9.01. The number of halogens is 3. The van der Waals surface area contributed by atoms with Crippen molar-refractivity contribution in [3.8, 4) is 11.4 Å². The van der Waals surface area contributed by atoms with Gasteiger partial charge in [-0.3, -0.25) is 4.98 Å². The van der Waals surface area contributed by atoms with Crippen molar-refractivity contribution in [1.29, 1.82) is 0 Å². The van der Waals surface area contributed by atoms with Crippen molar-refractivity contribution in [2.75, 3.05) is 30.8 Å². The van der Waals surface area contributed by atoms with Gasteiger partial charge >= 0.3 is 6.18 Å². The lowest BCUT2D eigenvalue weighted by molar-refractivity contribution is -0.139. The molecule has 2 aromatic rings. The van der Waals surface area contributed by atoms with E-state index >= 15 is 0 Å². The van der Waals surface area contributed by atoms with Crippen LogP contribution in [0.3, 0.4) is 0 Å². The number of hydrogen-bond donors (Lipinski definition) is 0. The molecule has 0 N–H and O–H groups in total. The van der Waals surface area contributed by atoms with Crippen molar-refractivity contribution >= 4 is 15.8 Å². The summed E-state index contributed by atoms with van der Waals surface area (Å²) in [7, 11) is -3.97. The second kappa shape index (κ2) is 8.23. The van der Waals surface area contributed by atoms with Crippen molar-refractivity contribution in [3.05, 3.63) is 36.3 Å². The molecule has 1 aliphatic heterocycles. The lowest BCUT2D eigenvalue weighted by atomic mass is 10.0. The van der Waals surface area contributed by atoms with Crippen LogP contribution in [0.2, 0.25) is 0 Å². The first-order valence-electron chi connectivity index (χ1n) is 9.07. The Balaban J connectivity index is 1.76. The van der Waals surface area contributed by atoms with E-state index in [2.05, 4.69) is 15.0 Å². The summed E-state index contributed by atoms with van der Waals surface area (Å²) in [4.78, 5) is 15.0. The Morgan fingerprint density at radius 1 is 1.24 bits per heavy atom. The maximum absolute atomic E-state index is 12.8. The van der Waals surface area contributed by atoms with Crippen LogP contribution in [0.5, 0.6) is 0 Å². The number of sulfonamides is 1. The summed E-state index contributed by atoms with van der Waals surface area (Å²) in [5.41, 5.74) is 1.52. The fraction of sp³-hybridized carbons (Fsp3) is 0.500. The molecule has 7 nitrogen and oxygen atoms in total. The molecule has 1 fully saturated rings. The van der Waals surface area contributed by atoms with Crippen molar-refractivity contribution < 1.29 is 21.6 Å². The van der Waals surface area contributed by atoms with Gasteiger partial charge < -0.3 is 4.90 Å². The number of aryl methyl sites for hydroxylation is 1. The van der Waals surface area contributed by atoms with Gasteiger partial charge in [0.15, 0.2) is 5.82 Å². The van der Waals surface area contributed by atoms with Crippen LogP contribution < -0.4 is 4.90 Å². The van der Waals surface area contributed by atoms with Crippen molar-refractivity contribution in [3.63, 3.8) is 0 Å². The molecular formula is C18H22F3N5O2S. The zero-order chi connectivity index (χ0) is 21.2. The Morgan fingerprint density at radius 3 is 2.48 bits per heavy atom. The molecule has 0 unspecified atom stereocenters. The van der Waals surface area contributed by atoms with E-state index in [1.165, 1.54) is 0 Å². The summed E-state index contributed by atoms with van der Waals surface area (Å²) in [5, 5.41) is 0. The largest absolute Gasteiger partial charge is 0.402 e. The highest BCUT2D eigenvalue weighted by molar-refractivity contribution is 7.88. The zero-order valence-electron chi connectivity index (χ0n) is 16.1. The summed E-state index contributed by atoms with van der Waals surface area (Å²) in [6.07, 6.45) is 0.121. The number of nitrogens with zero attached hydrogens (tertiary/aromatic N) is 5. The van der Waals surface area contributed by atoms with E-state index in [4.69, 9.17) is 0 Å². The zero-order valence-corrected chi connectivity index (χ0v) is 16.9. The van der Waals surface area contributed by atoms with Crippen LogP contribution in [0.15, 0.2) is 30.6 Å². The number of aromatic nitrogens is 3. The van der Waals surface area contributed by atoms with Gasteiger partial charge in [-0.2, -0.15) is 17.5 Å². The van der Waals surface area contributed by atoms with E-state index < -0.39 is 28.8 Å². The van der Waals surface area contributed by atoms with E-state index in [9.17, 15) is 21.6 Å². The van der Waals surface area contributed by atoms with E-state index in [1.807, 2.05) is 24.0 Å². The molecule has 0 amide bonds. The van der Waals surface area contributed by atoms with Crippen molar-refractivity contribution in [2.45, 2.75) is 32.0 Å². The minimum atomic E-state index is -4.58. The Morgan fingerprint density at radius 2 is 1.93 bits per heavy atom. The minimum absolute atomic E-state index is 0.286. The topological polar surface area (TPSA) is 79.3 Å². The number of rotatable bonds is 5. The van der Waals surface area contributed by atoms with Gasteiger partial charge in [0.1, 0.15) is 12.4 Å². The number of anilines is 1. The maximum Gasteiger partial charge on any atom is 0.402 e. The quantitative estimate of drug-likeness (QED) is 0.727. The third-order valence-electron chi connectivity index (χ3n) is 4.72. The van der Waals surface area contributed by atoms with E-state index in [1.54, 1.807) is 18.5 Å². The molecule has 1 aliphatic rings. The fourth-order valence-corrected chi connectivity index (χ4v) is 4.55. The summed E-state index contributed by atoms with van der Waals surface area (Å²) >= 11 is 0. The Labute approximate surface area is 167 Å². The summed E-state index contributed by atoms with van der Waals surface area (Å²) in [6, 6.07) is 4.75. The molecule has 0 saturated carbocycles. The van der Waals surface area contributed by atoms with Gasteiger partial charge in [0.25, 0.3) is 0 Å². The van der Waals surface area contributed by atoms with Crippen molar-refractivity contribution in [1.82, 2.24) is 19.3 Å². The normalized spacial score (nSPS) is 16.4. The third kappa shape index (κ3) is 5.63. The molecule has 0 aliphatic carbocycles. The Bertz CT molecular complexity index is 946. The molecule has 11 heteroatoms.